The monoisotopic (exact) mass is 537 g/mol. The summed E-state index contributed by atoms with van der Waals surface area (Å²) in [5, 5.41) is 9.66. The van der Waals surface area contributed by atoms with E-state index in [1.807, 2.05) is 0 Å². The van der Waals surface area contributed by atoms with Gasteiger partial charge in [-0.2, -0.15) is 18.3 Å². The van der Waals surface area contributed by atoms with Crippen LogP contribution < -0.4 is 10.1 Å². The van der Waals surface area contributed by atoms with E-state index >= 15 is 0 Å². The predicted octanol–water partition coefficient (Wildman–Crippen LogP) is 3.23. The van der Waals surface area contributed by atoms with Crippen LogP contribution in [0.15, 0.2) is 18.3 Å². The number of alkyl halides is 3. The number of carbonyl (C=O) groups excluding carboxylic acids is 2. The predicted molar refractivity (Wildman–Crippen MR) is 123 cm³/mol. The zero-order chi connectivity index (χ0) is 26.9. The van der Waals surface area contributed by atoms with Crippen LogP contribution in [0.25, 0.3) is 11.3 Å². The molecular weight excluding hydrogens is 510 g/mol. The number of likely N-dealkylation sites (tertiary alicyclic amines) is 1. The molecule has 1 atom stereocenters. The minimum atomic E-state index is -4.40. The number of methoxy groups -OCH3 is 1. The first-order valence-electron chi connectivity index (χ1n) is 12.5. The molecule has 9 nitrogen and oxygen atoms in total. The number of piperidine rings is 1. The van der Waals surface area contributed by atoms with Crippen LogP contribution in [-0.4, -0.2) is 76.0 Å². The molecule has 2 aliphatic carbocycles. The zero-order valence-corrected chi connectivity index (χ0v) is 20.7. The highest BCUT2D eigenvalue weighted by Crippen LogP contribution is 2.63. The van der Waals surface area contributed by atoms with Gasteiger partial charge in [-0.3, -0.25) is 14.7 Å². The summed E-state index contributed by atoms with van der Waals surface area (Å²) in [6.07, 6.45) is -1.19. The topological polar surface area (TPSA) is 109 Å². The molecule has 13 heteroatoms. The van der Waals surface area contributed by atoms with Gasteiger partial charge in [0.25, 0.3) is 5.91 Å². The van der Waals surface area contributed by atoms with Crippen molar-refractivity contribution in [1.29, 1.82) is 0 Å². The van der Waals surface area contributed by atoms with Crippen molar-refractivity contribution in [3.05, 3.63) is 29.8 Å². The minimum Gasteiger partial charge on any atom is -0.481 e. The summed E-state index contributed by atoms with van der Waals surface area (Å²) in [5.74, 6) is -1.19. The first kappa shape index (κ1) is 25.1. The van der Waals surface area contributed by atoms with Crippen LogP contribution in [0.5, 0.6) is 5.88 Å². The van der Waals surface area contributed by atoms with Crippen molar-refractivity contribution in [2.75, 3.05) is 26.8 Å². The number of aromatic amines is 1. The Balaban J connectivity index is 1.08. The lowest BCUT2D eigenvalue weighted by atomic mass is 9.62. The van der Waals surface area contributed by atoms with Gasteiger partial charge in [0.2, 0.25) is 11.8 Å². The number of hydrogen-bond acceptors (Lipinski definition) is 6. The van der Waals surface area contributed by atoms with Crippen LogP contribution >= 0.6 is 0 Å². The molecule has 0 radical (unpaired) electrons. The second-order valence-electron chi connectivity index (χ2n) is 11.1. The Kier molecular flexibility index (Phi) is 5.54. The molecule has 2 aromatic rings. The smallest absolute Gasteiger partial charge is 0.417 e. The van der Waals surface area contributed by atoms with Crippen LogP contribution in [0, 0.1) is 17.2 Å². The van der Waals surface area contributed by atoms with Gasteiger partial charge in [0, 0.05) is 41.6 Å². The number of aromatic nitrogens is 3. The summed E-state index contributed by atoms with van der Waals surface area (Å²) in [4.78, 5) is 31.9. The molecule has 1 spiro atoms. The van der Waals surface area contributed by atoms with Gasteiger partial charge in [-0.05, 0) is 44.6 Å². The van der Waals surface area contributed by atoms with Gasteiger partial charge in [0.05, 0.1) is 25.6 Å². The number of carbonyl (C=O) groups is 2. The molecule has 5 fully saturated rings. The third-order valence-electron chi connectivity index (χ3n) is 8.60. The fourth-order valence-electron chi connectivity index (χ4n) is 6.33. The first-order valence-corrected chi connectivity index (χ1v) is 12.5. The SMILES string of the molecule is COc1cc(-c2cc(C(=O)N3CC[C@H](C(=O)NCC45COC(C(F)(F)F)(C4)C5)CC34CC4)[nH]n2)c(F)cn1. The van der Waals surface area contributed by atoms with E-state index in [4.69, 9.17) is 9.47 Å². The van der Waals surface area contributed by atoms with E-state index in [2.05, 4.69) is 20.5 Å². The number of hydrogen-bond donors (Lipinski definition) is 2. The van der Waals surface area contributed by atoms with Gasteiger partial charge >= 0.3 is 6.18 Å². The highest BCUT2D eigenvalue weighted by molar-refractivity contribution is 5.94. The summed E-state index contributed by atoms with van der Waals surface area (Å²) in [5.41, 5.74) is -2.55. The van der Waals surface area contributed by atoms with Gasteiger partial charge < -0.3 is 19.7 Å². The van der Waals surface area contributed by atoms with Gasteiger partial charge in [-0.15, -0.1) is 0 Å². The number of rotatable bonds is 6. The molecule has 0 unspecified atom stereocenters. The molecule has 3 saturated heterocycles. The Bertz CT molecular complexity index is 1280. The lowest BCUT2D eigenvalue weighted by Crippen LogP contribution is -2.58. The maximum Gasteiger partial charge on any atom is 0.417 e. The summed E-state index contributed by atoms with van der Waals surface area (Å²) in [6, 6.07) is 2.88. The highest BCUT2D eigenvalue weighted by Gasteiger charge is 2.73. The van der Waals surface area contributed by atoms with Crippen molar-refractivity contribution in [3.63, 3.8) is 0 Å². The molecule has 204 valence electrons. The van der Waals surface area contributed by atoms with E-state index < -0.39 is 28.5 Å². The molecule has 3 aliphatic heterocycles. The molecule has 5 heterocycles. The van der Waals surface area contributed by atoms with Crippen LogP contribution in [0.2, 0.25) is 0 Å². The van der Waals surface area contributed by atoms with Crippen LogP contribution in [0.1, 0.15) is 49.0 Å². The number of H-pyrrole nitrogens is 1. The number of halogens is 4. The molecule has 2 saturated carbocycles. The molecule has 0 aromatic carbocycles. The lowest BCUT2D eigenvalue weighted by Gasteiger charge is -2.45. The van der Waals surface area contributed by atoms with E-state index in [0.29, 0.717) is 19.4 Å². The van der Waals surface area contributed by atoms with Crippen molar-refractivity contribution in [1.82, 2.24) is 25.4 Å². The van der Waals surface area contributed by atoms with Crippen molar-refractivity contribution < 1.29 is 36.6 Å². The Morgan fingerprint density at radius 1 is 1.29 bits per heavy atom. The van der Waals surface area contributed by atoms with Crippen LogP contribution in [-0.2, 0) is 9.53 Å². The molecule has 7 rings (SSSR count). The van der Waals surface area contributed by atoms with Crippen molar-refractivity contribution >= 4 is 11.8 Å². The highest BCUT2D eigenvalue weighted by atomic mass is 19.4. The average molecular weight is 538 g/mol. The Morgan fingerprint density at radius 3 is 2.71 bits per heavy atom. The summed E-state index contributed by atoms with van der Waals surface area (Å²) >= 11 is 0. The molecule has 5 aliphatic rings. The van der Waals surface area contributed by atoms with Gasteiger partial charge in [0.1, 0.15) is 5.69 Å². The average Bonchev–Trinajstić information content (AvgIpc) is 3.24. The first-order chi connectivity index (χ1) is 18.0. The van der Waals surface area contributed by atoms with E-state index in [1.165, 1.54) is 19.2 Å². The summed E-state index contributed by atoms with van der Waals surface area (Å²) < 4.78 is 64.1. The Hall–Kier alpha value is -3.22. The van der Waals surface area contributed by atoms with Gasteiger partial charge in [-0.1, -0.05) is 0 Å². The van der Waals surface area contributed by atoms with E-state index in [0.717, 1.165) is 19.0 Å². The number of fused-ring (bicyclic) bond motifs is 1. The molecular formula is C25H27F4N5O4. The Morgan fingerprint density at radius 2 is 2.05 bits per heavy atom. The minimum absolute atomic E-state index is 0.00792. The molecule has 38 heavy (non-hydrogen) atoms. The largest absolute Gasteiger partial charge is 0.481 e. The number of amides is 2. The van der Waals surface area contributed by atoms with Crippen LogP contribution in [0.4, 0.5) is 17.6 Å². The van der Waals surface area contributed by atoms with Crippen molar-refractivity contribution in [2.45, 2.75) is 55.8 Å². The fourth-order valence-corrected chi connectivity index (χ4v) is 6.33. The standard InChI is InChI=1S/C25H27F4N5O4/c1-37-19-6-15(16(26)9-30-19)17-7-18(33-32-17)21(36)34-5-2-14(8-23(34)3-4-23)20(35)31-12-22-10-24(11-22,38-13-22)25(27,28)29/h6-7,9,14H,2-5,8,10-13H2,1H3,(H,31,35)(H,32,33)/t14-,22?,24?/m0/s1. The molecule has 2 N–H and O–H groups in total. The van der Waals surface area contributed by atoms with Crippen molar-refractivity contribution in [2.24, 2.45) is 11.3 Å². The summed E-state index contributed by atoms with van der Waals surface area (Å²) in [7, 11) is 1.41. The third-order valence-corrected chi connectivity index (χ3v) is 8.60. The second kappa shape index (κ2) is 8.39. The van der Waals surface area contributed by atoms with Crippen molar-refractivity contribution in [3.8, 4) is 17.1 Å². The van der Waals surface area contributed by atoms with E-state index in [9.17, 15) is 27.2 Å². The quantitative estimate of drug-likeness (QED) is 0.548. The Labute approximate surface area is 215 Å². The zero-order valence-electron chi connectivity index (χ0n) is 20.7. The summed E-state index contributed by atoms with van der Waals surface area (Å²) in [6.45, 7) is 0.503. The maximum atomic E-state index is 14.3. The molecule has 2 aromatic heterocycles. The number of pyridine rings is 1. The number of nitrogens with one attached hydrogen (secondary N) is 2. The van der Waals surface area contributed by atoms with Gasteiger partial charge in [0.15, 0.2) is 11.4 Å². The van der Waals surface area contributed by atoms with Gasteiger partial charge in [-0.25, -0.2) is 9.37 Å². The lowest BCUT2D eigenvalue weighted by molar-refractivity contribution is -0.277. The normalized spacial score (nSPS) is 29.2. The third kappa shape index (κ3) is 3.93. The van der Waals surface area contributed by atoms with Crippen LogP contribution in [0.3, 0.4) is 0 Å². The van der Waals surface area contributed by atoms with E-state index in [-0.39, 0.29) is 66.6 Å². The second-order valence-corrected chi connectivity index (χ2v) is 11.1. The van der Waals surface area contributed by atoms with E-state index in [1.54, 1.807) is 4.90 Å². The maximum absolute atomic E-state index is 14.3. The molecule has 2 amide bonds. The fraction of sp³-hybridized carbons (Fsp3) is 0.600. The number of nitrogens with zero attached hydrogens (tertiary/aromatic N) is 3. The molecule has 2 bridgehead atoms. The number of ether oxygens (including phenoxy) is 2.